The SMILES string of the molecule is CCCC(C)NC(=O)C(C)NCC1CCC(=O)N1. The summed E-state index contributed by atoms with van der Waals surface area (Å²) in [6.45, 7) is 6.63. The molecule has 5 heteroatoms. The van der Waals surface area contributed by atoms with Crippen LogP contribution in [0.3, 0.4) is 0 Å². The van der Waals surface area contributed by atoms with Crippen LogP contribution in [-0.4, -0.2) is 36.5 Å². The molecule has 0 aromatic heterocycles. The minimum Gasteiger partial charge on any atom is -0.352 e. The fraction of sp³-hybridized carbons (Fsp3) is 0.846. The van der Waals surface area contributed by atoms with Gasteiger partial charge in [0.05, 0.1) is 6.04 Å². The Morgan fingerprint density at radius 2 is 2.22 bits per heavy atom. The molecule has 0 radical (unpaired) electrons. The van der Waals surface area contributed by atoms with Gasteiger partial charge in [0.1, 0.15) is 0 Å². The van der Waals surface area contributed by atoms with Gasteiger partial charge in [0.25, 0.3) is 0 Å². The van der Waals surface area contributed by atoms with Gasteiger partial charge in [-0.25, -0.2) is 0 Å². The topological polar surface area (TPSA) is 70.2 Å². The smallest absolute Gasteiger partial charge is 0.237 e. The van der Waals surface area contributed by atoms with Crippen molar-refractivity contribution in [2.75, 3.05) is 6.54 Å². The van der Waals surface area contributed by atoms with Crippen LogP contribution in [-0.2, 0) is 9.59 Å². The van der Waals surface area contributed by atoms with Gasteiger partial charge in [-0.05, 0) is 26.7 Å². The minimum atomic E-state index is -0.221. The lowest BCUT2D eigenvalue weighted by Crippen LogP contribution is -2.48. The van der Waals surface area contributed by atoms with Gasteiger partial charge in [0.2, 0.25) is 11.8 Å². The van der Waals surface area contributed by atoms with Gasteiger partial charge >= 0.3 is 0 Å². The van der Waals surface area contributed by atoms with E-state index in [4.69, 9.17) is 0 Å². The first kappa shape index (κ1) is 15.0. The molecule has 5 nitrogen and oxygen atoms in total. The molecule has 2 amide bonds. The van der Waals surface area contributed by atoms with E-state index in [1.807, 2.05) is 13.8 Å². The maximum Gasteiger partial charge on any atom is 0.237 e. The van der Waals surface area contributed by atoms with Crippen LogP contribution in [0.1, 0.15) is 46.5 Å². The summed E-state index contributed by atoms with van der Waals surface area (Å²) in [5.74, 6) is 0.135. The van der Waals surface area contributed by atoms with Crippen molar-refractivity contribution < 1.29 is 9.59 Å². The molecule has 0 aliphatic carbocycles. The van der Waals surface area contributed by atoms with E-state index in [1.165, 1.54) is 0 Å². The molecule has 0 aromatic rings. The molecular formula is C13H25N3O2. The highest BCUT2D eigenvalue weighted by molar-refractivity contribution is 5.81. The third-order valence-corrected chi connectivity index (χ3v) is 3.26. The van der Waals surface area contributed by atoms with E-state index >= 15 is 0 Å². The normalized spacial score (nSPS) is 22.4. The Bertz CT molecular complexity index is 294. The standard InChI is InChI=1S/C13H25N3O2/c1-4-5-9(2)15-13(18)10(3)14-8-11-6-7-12(17)16-11/h9-11,14H,4-8H2,1-3H3,(H,15,18)(H,16,17). The van der Waals surface area contributed by atoms with Crippen LogP contribution >= 0.6 is 0 Å². The van der Waals surface area contributed by atoms with Crippen molar-refractivity contribution in [3.05, 3.63) is 0 Å². The zero-order valence-electron chi connectivity index (χ0n) is 11.6. The monoisotopic (exact) mass is 255 g/mol. The van der Waals surface area contributed by atoms with E-state index in [1.54, 1.807) is 0 Å². The summed E-state index contributed by atoms with van der Waals surface area (Å²) in [6, 6.07) is 0.167. The third kappa shape index (κ3) is 5.04. The second-order valence-corrected chi connectivity index (χ2v) is 5.13. The predicted octanol–water partition coefficient (Wildman–Crippen LogP) is 0.548. The van der Waals surface area contributed by atoms with Crippen LogP contribution in [0.25, 0.3) is 0 Å². The highest BCUT2D eigenvalue weighted by Crippen LogP contribution is 2.05. The maximum absolute atomic E-state index is 11.8. The molecule has 1 saturated heterocycles. The predicted molar refractivity (Wildman–Crippen MR) is 71.1 cm³/mol. The zero-order chi connectivity index (χ0) is 13.5. The van der Waals surface area contributed by atoms with Gasteiger partial charge in [-0.3, -0.25) is 9.59 Å². The first-order chi connectivity index (χ1) is 8.52. The number of rotatable bonds is 7. The molecule has 3 atom stereocenters. The minimum absolute atomic E-state index is 0.0280. The Hall–Kier alpha value is -1.10. The second kappa shape index (κ2) is 7.36. The largest absolute Gasteiger partial charge is 0.352 e. The van der Waals surface area contributed by atoms with Gasteiger partial charge in [-0.1, -0.05) is 13.3 Å². The molecule has 1 aliphatic rings. The number of carbonyl (C=O) groups excluding carboxylic acids is 2. The Balaban J connectivity index is 2.21. The number of amides is 2. The lowest BCUT2D eigenvalue weighted by molar-refractivity contribution is -0.123. The highest BCUT2D eigenvalue weighted by Gasteiger charge is 2.22. The average Bonchev–Trinajstić information content (AvgIpc) is 2.72. The molecule has 0 aromatic carbocycles. The van der Waals surface area contributed by atoms with Crippen LogP contribution in [0.4, 0.5) is 0 Å². The van der Waals surface area contributed by atoms with Gasteiger partial charge in [0, 0.05) is 25.0 Å². The second-order valence-electron chi connectivity index (χ2n) is 5.13. The van der Waals surface area contributed by atoms with Crippen molar-refractivity contribution in [2.24, 2.45) is 0 Å². The molecule has 3 N–H and O–H groups in total. The highest BCUT2D eigenvalue weighted by atomic mass is 16.2. The van der Waals surface area contributed by atoms with Crippen molar-refractivity contribution in [2.45, 2.75) is 64.6 Å². The fourth-order valence-electron chi connectivity index (χ4n) is 2.12. The lowest BCUT2D eigenvalue weighted by Gasteiger charge is -2.19. The summed E-state index contributed by atoms with van der Waals surface area (Å²) in [7, 11) is 0. The summed E-state index contributed by atoms with van der Waals surface area (Å²) in [5, 5.41) is 9.02. The van der Waals surface area contributed by atoms with Gasteiger partial charge < -0.3 is 16.0 Å². The molecule has 104 valence electrons. The van der Waals surface area contributed by atoms with E-state index in [9.17, 15) is 9.59 Å². The van der Waals surface area contributed by atoms with Gasteiger partial charge in [0.15, 0.2) is 0 Å². The van der Waals surface area contributed by atoms with Gasteiger partial charge in [-0.2, -0.15) is 0 Å². The Morgan fingerprint density at radius 3 is 2.78 bits per heavy atom. The van der Waals surface area contributed by atoms with Crippen molar-refractivity contribution in [3.8, 4) is 0 Å². The number of hydrogen-bond donors (Lipinski definition) is 3. The van der Waals surface area contributed by atoms with Crippen LogP contribution < -0.4 is 16.0 Å². The number of carbonyl (C=O) groups is 2. The van der Waals surface area contributed by atoms with Crippen molar-refractivity contribution >= 4 is 11.8 Å². The first-order valence-electron chi connectivity index (χ1n) is 6.86. The summed E-state index contributed by atoms with van der Waals surface area (Å²) in [4.78, 5) is 22.9. The summed E-state index contributed by atoms with van der Waals surface area (Å²) < 4.78 is 0. The van der Waals surface area contributed by atoms with Gasteiger partial charge in [-0.15, -0.1) is 0 Å². The van der Waals surface area contributed by atoms with Crippen LogP contribution in [0.2, 0.25) is 0 Å². The molecule has 0 saturated carbocycles. The van der Waals surface area contributed by atoms with Crippen LogP contribution in [0, 0.1) is 0 Å². The molecule has 0 bridgehead atoms. The van der Waals surface area contributed by atoms with Crippen molar-refractivity contribution in [1.82, 2.24) is 16.0 Å². The molecular weight excluding hydrogens is 230 g/mol. The quantitative estimate of drug-likeness (QED) is 0.622. The van der Waals surface area contributed by atoms with Crippen molar-refractivity contribution in [1.29, 1.82) is 0 Å². The Morgan fingerprint density at radius 1 is 1.50 bits per heavy atom. The molecule has 1 aliphatic heterocycles. The Labute approximate surface area is 109 Å². The first-order valence-corrected chi connectivity index (χ1v) is 6.86. The summed E-state index contributed by atoms with van der Waals surface area (Å²) in [5.41, 5.74) is 0. The van der Waals surface area contributed by atoms with E-state index in [-0.39, 0.29) is 29.9 Å². The summed E-state index contributed by atoms with van der Waals surface area (Å²) >= 11 is 0. The molecule has 18 heavy (non-hydrogen) atoms. The van der Waals surface area contributed by atoms with E-state index in [0.29, 0.717) is 13.0 Å². The summed E-state index contributed by atoms with van der Waals surface area (Å²) in [6.07, 6.45) is 3.52. The molecule has 0 spiro atoms. The number of hydrogen-bond acceptors (Lipinski definition) is 3. The van der Waals surface area contributed by atoms with E-state index < -0.39 is 0 Å². The molecule has 3 unspecified atom stereocenters. The maximum atomic E-state index is 11.8. The van der Waals surface area contributed by atoms with Crippen LogP contribution in [0.15, 0.2) is 0 Å². The average molecular weight is 255 g/mol. The molecule has 1 rings (SSSR count). The fourth-order valence-corrected chi connectivity index (χ4v) is 2.12. The van der Waals surface area contributed by atoms with Crippen LogP contribution in [0.5, 0.6) is 0 Å². The lowest BCUT2D eigenvalue weighted by atomic mass is 10.1. The molecule has 1 fully saturated rings. The van der Waals surface area contributed by atoms with E-state index in [0.717, 1.165) is 19.3 Å². The van der Waals surface area contributed by atoms with Crippen molar-refractivity contribution in [3.63, 3.8) is 0 Å². The van der Waals surface area contributed by atoms with E-state index in [2.05, 4.69) is 22.9 Å². The molecule has 1 heterocycles. The Kier molecular flexibility index (Phi) is 6.12. The number of nitrogens with one attached hydrogen (secondary N) is 3. The zero-order valence-corrected chi connectivity index (χ0v) is 11.6. The third-order valence-electron chi connectivity index (χ3n) is 3.26.